The minimum atomic E-state index is 0.358. The first kappa shape index (κ1) is 13.7. The lowest BCUT2D eigenvalue weighted by Gasteiger charge is -2.21. The molecule has 1 amide bonds. The maximum Gasteiger partial charge on any atom is 0.225 e. The molecule has 2 aliphatic carbocycles. The van der Waals surface area contributed by atoms with Crippen molar-refractivity contribution in [1.29, 1.82) is 0 Å². The van der Waals surface area contributed by atoms with Gasteiger partial charge < -0.3 is 4.90 Å². The second-order valence-electron chi connectivity index (χ2n) is 6.68. The molecule has 21 heavy (non-hydrogen) atoms. The number of thiazole rings is 1. The second-order valence-corrected chi connectivity index (χ2v) is 7.57. The fourth-order valence-corrected chi connectivity index (χ4v) is 4.06. The third-order valence-corrected chi connectivity index (χ3v) is 5.76. The van der Waals surface area contributed by atoms with Gasteiger partial charge in [0.15, 0.2) is 0 Å². The smallest absolute Gasteiger partial charge is 0.225 e. The number of rotatable bonds is 4. The molecule has 1 aliphatic heterocycles. The van der Waals surface area contributed by atoms with Gasteiger partial charge in [-0.05, 0) is 32.1 Å². The van der Waals surface area contributed by atoms with Crippen LogP contribution in [0, 0.1) is 5.92 Å². The molecule has 4 nitrogen and oxygen atoms in total. The van der Waals surface area contributed by atoms with Gasteiger partial charge >= 0.3 is 0 Å². The monoisotopic (exact) mass is 305 g/mol. The number of nitrogens with zero attached hydrogens (tertiary/aromatic N) is 3. The average molecular weight is 305 g/mol. The maximum atomic E-state index is 12.2. The van der Waals surface area contributed by atoms with Crippen LogP contribution in [0.3, 0.4) is 0 Å². The molecule has 0 N–H and O–H groups in total. The summed E-state index contributed by atoms with van der Waals surface area (Å²) in [6.07, 6.45) is 5.98. The lowest BCUT2D eigenvalue weighted by atomic mass is 10.3. The van der Waals surface area contributed by atoms with Gasteiger partial charge in [-0.3, -0.25) is 9.69 Å². The Balaban J connectivity index is 1.32. The molecule has 0 unspecified atom stereocenters. The normalized spacial score (nSPS) is 24.1. The van der Waals surface area contributed by atoms with Gasteiger partial charge in [-0.1, -0.05) is 0 Å². The standard InChI is InChI=1S/C16H23N3OS/c20-16(13-4-5-13)19-7-1-6-18(8-9-19)10-14-11-21-15(17-14)12-2-3-12/h11-13H,1-10H2. The Morgan fingerprint density at radius 2 is 2.05 bits per heavy atom. The molecule has 0 bridgehead atoms. The van der Waals surface area contributed by atoms with Gasteiger partial charge in [0.05, 0.1) is 10.7 Å². The van der Waals surface area contributed by atoms with Gasteiger partial charge in [-0.15, -0.1) is 11.3 Å². The number of carbonyl (C=O) groups is 1. The fraction of sp³-hybridized carbons (Fsp3) is 0.750. The number of amides is 1. The van der Waals surface area contributed by atoms with E-state index in [2.05, 4.69) is 15.2 Å². The highest BCUT2D eigenvalue weighted by molar-refractivity contribution is 7.09. The van der Waals surface area contributed by atoms with Crippen molar-refractivity contribution in [2.24, 2.45) is 5.92 Å². The van der Waals surface area contributed by atoms with Crippen molar-refractivity contribution in [3.63, 3.8) is 0 Å². The van der Waals surface area contributed by atoms with Crippen molar-refractivity contribution in [2.75, 3.05) is 26.2 Å². The number of hydrogen-bond acceptors (Lipinski definition) is 4. The largest absolute Gasteiger partial charge is 0.341 e. The molecule has 0 aromatic carbocycles. The quantitative estimate of drug-likeness (QED) is 0.857. The van der Waals surface area contributed by atoms with E-state index in [9.17, 15) is 4.79 Å². The van der Waals surface area contributed by atoms with Crippen molar-refractivity contribution < 1.29 is 4.79 Å². The van der Waals surface area contributed by atoms with E-state index in [1.165, 1.54) is 23.5 Å². The van der Waals surface area contributed by atoms with Crippen LogP contribution in [-0.2, 0) is 11.3 Å². The predicted octanol–water partition coefficient (Wildman–Crippen LogP) is 2.46. The van der Waals surface area contributed by atoms with E-state index in [0.29, 0.717) is 11.8 Å². The van der Waals surface area contributed by atoms with Crippen LogP contribution in [-0.4, -0.2) is 46.9 Å². The van der Waals surface area contributed by atoms with Gasteiger partial charge in [0.1, 0.15) is 0 Å². The topological polar surface area (TPSA) is 36.4 Å². The second kappa shape index (κ2) is 5.69. The molecule has 0 spiro atoms. The molecule has 1 aromatic rings. The van der Waals surface area contributed by atoms with E-state index >= 15 is 0 Å². The summed E-state index contributed by atoms with van der Waals surface area (Å²) in [5.74, 6) is 1.53. The summed E-state index contributed by atoms with van der Waals surface area (Å²) in [6.45, 7) is 4.87. The Hall–Kier alpha value is -0.940. The van der Waals surface area contributed by atoms with Crippen molar-refractivity contribution in [1.82, 2.24) is 14.8 Å². The van der Waals surface area contributed by atoms with Crippen LogP contribution in [0.4, 0.5) is 0 Å². The highest BCUT2D eigenvalue weighted by Gasteiger charge is 2.34. The van der Waals surface area contributed by atoms with E-state index in [0.717, 1.165) is 57.9 Å². The minimum Gasteiger partial charge on any atom is -0.341 e. The van der Waals surface area contributed by atoms with Crippen LogP contribution in [0.1, 0.15) is 48.7 Å². The Kier molecular flexibility index (Phi) is 3.71. The molecule has 2 saturated carbocycles. The van der Waals surface area contributed by atoms with Crippen LogP contribution < -0.4 is 0 Å². The average Bonchev–Trinajstić information content (AvgIpc) is 3.38. The van der Waals surface area contributed by atoms with Crippen molar-refractivity contribution >= 4 is 17.2 Å². The van der Waals surface area contributed by atoms with Crippen LogP contribution in [0.2, 0.25) is 0 Å². The predicted molar refractivity (Wildman–Crippen MR) is 83.3 cm³/mol. The van der Waals surface area contributed by atoms with Gasteiger partial charge in [0, 0.05) is 49.9 Å². The molecule has 3 fully saturated rings. The van der Waals surface area contributed by atoms with Gasteiger partial charge in [0.25, 0.3) is 0 Å². The number of hydrogen-bond donors (Lipinski definition) is 0. The first-order valence-electron chi connectivity index (χ1n) is 8.25. The third kappa shape index (κ3) is 3.29. The molecule has 0 atom stereocenters. The lowest BCUT2D eigenvalue weighted by molar-refractivity contribution is -0.132. The van der Waals surface area contributed by atoms with Crippen LogP contribution in [0.5, 0.6) is 0 Å². The molecule has 0 radical (unpaired) electrons. The number of aromatic nitrogens is 1. The summed E-state index contributed by atoms with van der Waals surface area (Å²) in [5.41, 5.74) is 1.23. The van der Waals surface area contributed by atoms with E-state index < -0.39 is 0 Å². The Morgan fingerprint density at radius 3 is 2.81 bits per heavy atom. The molecule has 2 heterocycles. The van der Waals surface area contributed by atoms with E-state index in [4.69, 9.17) is 4.98 Å². The molecule has 4 rings (SSSR count). The van der Waals surface area contributed by atoms with Crippen LogP contribution >= 0.6 is 11.3 Å². The van der Waals surface area contributed by atoms with Gasteiger partial charge in [0.2, 0.25) is 5.91 Å². The third-order valence-electron chi connectivity index (χ3n) is 4.71. The summed E-state index contributed by atoms with van der Waals surface area (Å²) >= 11 is 1.83. The van der Waals surface area contributed by atoms with E-state index in [-0.39, 0.29) is 0 Å². The van der Waals surface area contributed by atoms with Crippen molar-refractivity contribution in [2.45, 2.75) is 44.6 Å². The van der Waals surface area contributed by atoms with Crippen molar-refractivity contribution in [3.05, 3.63) is 16.1 Å². The van der Waals surface area contributed by atoms with Crippen molar-refractivity contribution in [3.8, 4) is 0 Å². The van der Waals surface area contributed by atoms with Gasteiger partial charge in [-0.2, -0.15) is 0 Å². The molecular weight excluding hydrogens is 282 g/mol. The molecular formula is C16H23N3OS. The first-order valence-corrected chi connectivity index (χ1v) is 9.13. The zero-order chi connectivity index (χ0) is 14.2. The first-order chi connectivity index (χ1) is 10.3. The summed E-state index contributed by atoms with van der Waals surface area (Å²) in [6, 6.07) is 0. The van der Waals surface area contributed by atoms with Gasteiger partial charge in [-0.25, -0.2) is 4.98 Å². The Morgan fingerprint density at radius 1 is 1.19 bits per heavy atom. The minimum absolute atomic E-state index is 0.358. The van der Waals surface area contributed by atoms with Crippen LogP contribution in [0.15, 0.2) is 5.38 Å². The Bertz CT molecular complexity index is 521. The summed E-state index contributed by atoms with van der Waals surface area (Å²) in [5, 5.41) is 3.57. The molecule has 1 aromatic heterocycles. The summed E-state index contributed by atoms with van der Waals surface area (Å²) in [7, 11) is 0. The molecule has 5 heteroatoms. The Labute approximate surface area is 130 Å². The van der Waals surface area contributed by atoms with E-state index in [1.54, 1.807) is 0 Å². The maximum absolute atomic E-state index is 12.2. The summed E-state index contributed by atoms with van der Waals surface area (Å²) < 4.78 is 0. The zero-order valence-corrected chi connectivity index (χ0v) is 13.3. The fourth-order valence-electron chi connectivity index (χ4n) is 3.08. The zero-order valence-electron chi connectivity index (χ0n) is 12.5. The molecule has 1 saturated heterocycles. The van der Waals surface area contributed by atoms with Crippen LogP contribution in [0.25, 0.3) is 0 Å². The molecule has 3 aliphatic rings. The number of carbonyl (C=O) groups excluding carboxylic acids is 1. The molecule has 114 valence electrons. The highest BCUT2D eigenvalue weighted by atomic mass is 32.1. The summed E-state index contributed by atoms with van der Waals surface area (Å²) in [4.78, 5) is 21.5. The highest BCUT2D eigenvalue weighted by Crippen LogP contribution is 2.41. The SMILES string of the molecule is O=C(C1CC1)N1CCCN(Cc2csc(C3CC3)n2)CC1. The van der Waals surface area contributed by atoms with E-state index in [1.807, 2.05) is 11.3 Å². The lowest BCUT2D eigenvalue weighted by Crippen LogP contribution is -2.36.